The molecule has 4 nitrogen and oxygen atoms in total. The van der Waals surface area contributed by atoms with Crippen LogP contribution in [0.4, 0.5) is 10.1 Å². The summed E-state index contributed by atoms with van der Waals surface area (Å²) in [6.07, 6.45) is 3.24. The van der Waals surface area contributed by atoms with Crippen LogP contribution in [-0.4, -0.2) is 21.0 Å². The minimum absolute atomic E-state index is 0.0106. The van der Waals surface area contributed by atoms with Gasteiger partial charge in [0.05, 0.1) is 10.6 Å². The first-order chi connectivity index (χ1) is 14.1. The number of fused-ring (bicyclic) bond motifs is 3. The third kappa shape index (κ3) is 3.66. The van der Waals surface area contributed by atoms with E-state index in [2.05, 4.69) is 48.5 Å². The molecule has 0 spiro atoms. The van der Waals surface area contributed by atoms with Gasteiger partial charge in [0, 0.05) is 26.9 Å². The summed E-state index contributed by atoms with van der Waals surface area (Å²) in [6.45, 7) is 6.34. The lowest BCUT2D eigenvalue weighted by Gasteiger charge is -2.42. The molecule has 2 aliphatic rings. The van der Waals surface area contributed by atoms with Crippen molar-refractivity contribution in [3.8, 4) is 0 Å². The van der Waals surface area contributed by atoms with Crippen LogP contribution < -0.4 is 10.0 Å². The fraction of sp³-hybridized carbons (Fsp3) is 0.364. The third-order valence-electron chi connectivity index (χ3n) is 6.29. The Bertz CT molecular complexity index is 1140. The minimum atomic E-state index is -3.66. The monoisotopic (exact) mass is 556 g/mol. The molecular formula is C22H23Br2FN2O2S. The van der Waals surface area contributed by atoms with Crippen molar-refractivity contribution in [1.82, 2.24) is 4.72 Å². The Hall–Kier alpha value is -1.22. The minimum Gasteiger partial charge on any atom is -0.378 e. The van der Waals surface area contributed by atoms with Gasteiger partial charge >= 0.3 is 0 Å². The largest absolute Gasteiger partial charge is 0.378 e. The third-order valence-corrected chi connectivity index (χ3v) is 8.86. The van der Waals surface area contributed by atoms with Crippen molar-refractivity contribution in [3.05, 3.63) is 68.4 Å². The van der Waals surface area contributed by atoms with E-state index in [1.54, 1.807) is 25.1 Å². The molecular weight excluding hydrogens is 535 g/mol. The Morgan fingerprint density at radius 3 is 2.77 bits per heavy atom. The molecule has 30 heavy (non-hydrogen) atoms. The van der Waals surface area contributed by atoms with Crippen molar-refractivity contribution in [2.45, 2.75) is 49.0 Å². The van der Waals surface area contributed by atoms with Gasteiger partial charge in [-0.3, -0.25) is 0 Å². The van der Waals surface area contributed by atoms with E-state index in [1.165, 1.54) is 6.07 Å². The predicted octanol–water partition coefficient (Wildman–Crippen LogP) is 5.80. The van der Waals surface area contributed by atoms with Gasteiger partial charge in [0.1, 0.15) is 5.82 Å². The van der Waals surface area contributed by atoms with Crippen LogP contribution in [-0.2, 0) is 15.4 Å². The quantitative estimate of drug-likeness (QED) is 0.457. The maximum atomic E-state index is 14.7. The Labute approximate surface area is 193 Å². The first kappa shape index (κ1) is 22.0. The zero-order valence-electron chi connectivity index (χ0n) is 16.6. The van der Waals surface area contributed by atoms with Crippen LogP contribution >= 0.6 is 31.9 Å². The highest BCUT2D eigenvalue weighted by Gasteiger charge is 2.51. The number of benzene rings is 2. The highest BCUT2D eigenvalue weighted by molar-refractivity contribution is 9.10. The van der Waals surface area contributed by atoms with Gasteiger partial charge in [0.25, 0.3) is 0 Å². The lowest BCUT2D eigenvalue weighted by Crippen LogP contribution is -2.45. The van der Waals surface area contributed by atoms with E-state index in [4.69, 9.17) is 0 Å². The number of hydrogen-bond donors (Lipinski definition) is 2. The summed E-state index contributed by atoms with van der Waals surface area (Å²) in [4.78, 5) is 0.265. The molecule has 160 valence electrons. The van der Waals surface area contributed by atoms with E-state index in [0.717, 1.165) is 34.9 Å². The summed E-state index contributed by atoms with van der Waals surface area (Å²) in [5, 5.41) is 3.36. The molecule has 0 radical (unpaired) electrons. The number of nitrogens with one attached hydrogen (secondary N) is 2. The predicted molar refractivity (Wildman–Crippen MR) is 125 cm³/mol. The number of sulfonamides is 1. The standard InChI is InChI=1S/C22H23Br2FN2O2S/c1-13-10-15(23)6-7-19(13)30(28,29)26-9-8-22-14(2)4-3-5-20(22)27-21-17(22)11-16(24)12-18(21)25/h6-7,10-12,20,26-27H,2-5,8-9H2,1H3. The van der Waals surface area contributed by atoms with Crippen LogP contribution in [0.25, 0.3) is 0 Å². The number of aryl methyl sites for hydroxylation is 1. The van der Waals surface area contributed by atoms with Crippen LogP contribution in [0.2, 0.25) is 0 Å². The van der Waals surface area contributed by atoms with Crippen molar-refractivity contribution >= 4 is 47.6 Å². The van der Waals surface area contributed by atoms with E-state index in [9.17, 15) is 12.8 Å². The fourth-order valence-electron chi connectivity index (χ4n) is 4.92. The summed E-state index contributed by atoms with van der Waals surface area (Å²) in [5.41, 5.74) is 2.59. The topological polar surface area (TPSA) is 58.2 Å². The van der Waals surface area contributed by atoms with Gasteiger partial charge in [-0.2, -0.15) is 0 Å². The highest BCUT2D eigenvalue weighted by atomic mass is 79.9. The molecule has 2 atom stereocenters. The maximum Gasteiger partial charge on any atom is 0.240 e. The Balaban J connectivity index is 1.63. The molecule has 2 N–H and O–H groups in total. The highest BCUT2D eigenvalue weighted by Crippen LogP contribution is 2.54. The van der Waals surface area contributed by atoms with Crippen LogP contribution in [0.1, 0.15) is 36.8 Å². The molecule has 0 amide bonds. The Morgan fingerprint density at radius 1 is 1.27 bits per heavy atom. The van der Waals surface area contributed by atoms with Gasteiger partial charge in [-0.1, -0.05) is 44.0 Å². The lowest BCUT2D eigenvalue weighted by molar-refractivity contribution is 0.344. The second-order valence-electron chi connectivity index (χ2n) is 8.03. The van der Waals surface area contributed by atoms with Crippen molar-refractivity contribution in [2.75, 3.05) is 11.9 Å². The van der Waals surface area contributed by atoms with E-state index in [0.29, 0.717) is 22.1 Å². The van der Waals surface area contributed by atoms with E-state index in [1.807, 2.05) is 6.07 Å². The van der Waals surface area contributed by atoms with Gasteiger partial charge in [0.15, 0.2) is 0 Å². The molecule has 4 rings (SSSR count). The van der Waals surface area contributed by atoms with Gasteiger partial charge in [-0.15, -0.1) is 0 Å². The molecule has 0 saturated heterocycles. The molecule has 1 aliphatic heterocycles. The van der Waals surface area contributed by atoms with E-state index < -0.39 is 15.4 Å². The molecule has 0 bridgehead atoms. The Kier molecular flexibility index (Phi) is 5.89. The second-order valence-corrected chi connectivity index (χ2v) is 11.6. The molecule has 1 fully saturated rings. The molecule has 1 saturated carbocycles. The number of hydrogen-bond acceptors (Lipinski definition) is 3. The zero-order chi connectivity index (χ0) is 21.7. The summed E-state index contributed by atoms with van der Waals surface area (Å²) in [6, 6.07) is 8.51. The summed E-state index contributed by atoms with van der Waals surface area (Å²) in [7, 11) is -3.66. The fourth-order valence-corrected chi connectivity index (χ4v) is 7.08. The molecule has 2 aromatic carbocycles. The van der Waals surface area contributed by atoms with E-state index in [-0.39, 0.29) is 23.3 Å². The van der Waals surface area contributed by atoms with Crippen molar-refractivity contribution in [2.24, 2.45) is 0 Å². The van der Waals surface area contributed by atoms with Crippen LogP contribution in [0.3, 0.4) is 0 Å². The zero-order valence-corrected chi connectivity index (χ0v) is 20.6. The average Bonchev–Trinajstić information content (AvgIpc) is 2.97. The molecule has 1 aliphatic carbocycles. The second kappa shape index (κ2) is 8.04. The maximum absolute atomic E-state index is 14.7. The van der Waals surface area contributed by atoms with Crippen LogP contribution in [0.15, 0.2) is 56.3 Å². The first-order valence-corrected chi connectivity index (χ1v) is 12.9. The summed E-state index contributed by atoms with van der Waals surface area (Å²) >= 11 is 6.77. The SMILES string of the molecule is C=C1CCCC2Nc3c(F)cc(Br)cc3C12CCNS(=O)(=O)c1ccc(Br)cc1C. The lowest BCUT2D eigenvalue weighted by atomic mass is 9.63. The average molecular weight is 558 g/mol. The van der Waals surface area contributed by atoms with E-state index >= 15 is 0 Å². The molecule has 1 heterocycles. The van der Waals surface area contributed by atoms with Crippen molar-refractivity contribution < 1.29 is 12.8 Å². The van der Waals surface area contributed by atoms with Gasteiger partial charge in [-0.25, -0.2) is 17.5 Å². The molecule has 2 aromatic rings. The van der Waals surface area contributed by atoms with Gasteiger partial charge < -0.3 is 5.32 Å². The smallest absolute Gasteiger partial charge is 0.240 e. The summed E-state index contributed by atoms with van der Waals surface area (Å²) < 4.78 is 44.7. The normalized spacial score (nSPS) is 23.1. The summed E-state index contributed by atoms with van der Waals surface area (Å²) in [5.74, 6) is -0.299. The molecule has 0 aromatic heterocycles. The molecule has 2 unspecified atom stereocenters. The number of rotatable bonds is 5. The van der Waals surface area contributed by atoms with Gasteiger partial charge in [-0.05, 0) is 74.1 Å². The van der Waals surface area contributed by atoms with Crippen molar-refractivity contribution in [1.29, 1.82) is 0 Å². The number of anilines is 1. The van der Waals surface area contributed by atoms with Gasteiger partial charge in [0.2, 0.25) is 10.0 Å². The van der Waals surface area contributed by atoms with Crippen molar-refractivity contribution in [3.63, 3.8) is 0 Å². The van der Waals surface area contributed by atoms with Crippen LogP contribution in [0, 0.1) is 12.7 Å². The van der Waals surface area contributed by atoms with Crippen LogP contribution in [0.5, 0.6) is 0 Å². The first-order valence-electron chi connectivity index (χ1n) is 9.85. The number of halogens is 3. The Morgan fingerprint density at radius 2 is 2.03 bits per heavy atom. The molecule has 8 heteroatoms.